The summed E-state index contributed by atoms with van der Waals surface area (Å²) in [5.74, 6) is -0.610. The van der Waals surface area contributed by atoms with E-state index >= 15 is 0 Å². The maximum Gasteiger partial charge on any atom is 0.371 e. The van der Waals surface area contributed by atoms with Gasteiger partial charge in [0.05, 0.1) is 12.2 Å². The molecule has 6 heteroatoms. The van der Waals surface area contributed by atoms with Crippen LogP contribution >= 0.6 is 27.5 Å². The van der Waals surface area contributed by atoms with Crippen molar-refractivity contribution in [2.45, 2.75) is 6.54 Å². The minimum absolute atomic E-state index is 0.0723. The van der Waals surface area contributed by atoms with Gasteiger partial charge in [0.2, 0.25) is 5.76 Å². The standard InChI is InChI=1S/C12H9BrClNO3/c13-9-3-1-7(14)5-10(9)15-6-8-2-4-11(18-8)12(16)17/h1-5,15H,6H2,(H,16,17). The minimum atomic E-state index is -1.08. The summed E-state index contributed by atoms with van der Waals surface area (Å²) in [6, 6.07) is 8.41. The van der Waals surface area contributed by atoms with Gasteiger partial charge in [0.25, 0.3) is 0 Å². The molecule has 0 bridgehead atoms. The highest BCUT2D eigenvalue weighted by Gasteiger charge is 2.09. The Labute approximate surface area is 117 Å². The molecule has 0 aliphatic carbocycles. The van der Waals surface area contributed by atoms with Gasteiger partial charge in [0.15, 0.2) is 0 Å². The van der Waals surface area contributed by atoms with E-state index in [1.807, 2.05) is 6.07 Å². The number of carboxylic acid groups (broad SMARTS) is 1. The predicted octanol–water partition coefficient (Wildman–Crippen LogP) is 4.01. The molecule has 0 saturated carbocycles. The van der Waals surface area contributed by atoms with Crippen molar-refractivity contribution in [3.63, 3.8) is 0 Å². The number of hydrogen-bond acceptors (Lipinski definition) is 3. The highest BCUT2D eigenvalue weighted by molar-refractivity contribution is 9.10. The first-order valence-electron chi connectivity index (χ1n) is 5.07. The van der Waals surface area contributed by atoms with Crippen molar-refractivity contribution in [2.75, 3.05) is 5.32 Å². The first kappa shape index (κ1) is 13.0. The molecule has 1 aromatic heterocycles. The molecule has 2 aromatic rings. The third-order valence-corrected chi connectivity index (χ3v) is 3.18. The smallest absolute Gasteiger partial charge is 0.371 e. The Hall–Kier alpha value is -1.46. The molecule has 0 spiro atoms. The lowest BCUT2D eigenvalue weighted by Crippen LogP contribution is -1.99. The summed E-state index contributed by atoms with van der Waals surface area (Å²) >= 11 is 9.27. The van der Waals surface area contributed by atoms with Crippen LogP contribution in [0.4, 0.5) is 5.69 Å². The zero-order valence-corrected chi connectivity index (χ0v) is 11.5. The lowest BCUT2D eigenvalue weighted by molar-refractivity contribution is 0.0660. The lowest BCUT2D eigenvalue weighted by Gasteiger charge is -2.07. The Morgan fingerprint density at radius 3 is 2.83 bits per heavy atom. The van der Waals surface area contributed by atoms with Crippen LogP contribution in [0.1, 0.15) is 16.3 Å². The molecule has 18 heavy (non-hydrogen) atoms. The maximum absolute atomic E-state index is 10.6. The first-order chi connectivity index (χ1) is 8.56. The Bertz CT molecular complexity index is 582. The van der Waals surface area contributed by atoms with Gasteiger partial charge in [-0.25, -0.2) is 4.79 Å². The molecule has 94 valence electrons. The molecule has 0 aliphatic heterocycles. The van der Waals surface area contributed by atoms with Crippen LogP contribution in [0.5, 0.6) is 0 Å². The molecule has 0 saturated heterocycles. The molecule has 1 aromatic carbocycles. The Morgan fingerprint density at radius 1 is 1.39 bits per heavy atom. The predicted molar refractivity (Wildman–Crippen MR) is 72.1 cm³/mol. The van der Waals surface area contributed by atoms with Gasteiger partial charge in [0, 0.05) is 9.50 Å². The molecule has 0 aliphatic rings. The molecular weight excluding hydrogens is 321 g/mol. The third kappa shape index (κ3) is 3.05. The van der Waals surface area contributed by atoms with Gasteiger partial charge < -0.3 is 14.8 Å². The van der Waals surface area contributed by atoms with E-state index in [4.69, 9.17) is 21.1 Å². The van der Waals surface area contributed by atoms with Gasteiger partial charge in [0.1, 0.15) is 5.76 Å². The number of hydrogen-bond donors (Lipinski definition) is 2. The zero-order valence-electron chi connectivity index (χ0n) is 9.11. The van der Waals surface area contributed by atoms with Crippen molar-refractivity contribution < 1.29 is 14.3 Å². The lowest BCUT2D eigenvalue weighted by atomic mass is 10.3. The number of nitrogens with one attached hydrogen (secondary N) is 1. The second-order valence-electron chi connectivity index (χ2n) is 3.55. The third-order valence-electron chi connectivity index (χ3n) is 2.25. The van der Waals surface area contributed by atoms with Crippen LogP contribution in [-0.4, -0.2) is 11.1 Å². The van der Waals surface area contributed by atoms with Crippen molar-refractivity contribution in [3.05, 3.63) is 51.3 Å². The molecule has 0 unspecified atom stereocenters. The topological polar surface area (TPSA) is 62.5 Å². The average Bonchev–Trinajstić information content (AvgIpc) is 2.79. The van der Waals surface area contributed by atoms with E-state index in [0.29, 0.717) is 17.3 Å². The van der Waals surface area contributed by atoms with Crippen LogP contribution in [0.15, 0.2) is 39.2 Å². The fourth-order valence-corrected chi connectivity index (χ4v) is 1.96. The second-order valence-corrected chi connectivity index (χ2v) is 4.84. The number of benzene rings is 1. The largest absolute Gasteiger partial charge is 0.475 e. The van der Waals surface area contributed by atoms with Gasteiger partial charge in [-0.2, -0.15) is 0 Å². The Morgan fingerprint density at radius 2 is 2.17 bits per heavy atom. The normalized spacial score (nSPS) is 10.3. The molecule has 0 atom stereocenters. The van der Waals surface area contributed by atoms with Crippen LogP contribution in [0, 0.1) is 0 Å². The molecule has 0 fully saturated rings. The van der Waals surface area contributed by atoms with Crippen LogP contribution in [0.3, 0.4) is 0 Å². The van der Waals surface area contributed by atoms with Crippen LogP contribution in [0.25, 0.3) is 0 Å². The Kier molecular flexibility index (Phi) is 3.93. The fraction of sp³-hybridized carbons (Fsp3) is 0.0833. The van der Waals surface area contributed by atoms with Crippen molar-refractivity contribution >= 4 is 39.2 Å². The van der Waals surface area contributed by atoms with Crippen molar-refractivity contribution in [2.24, 2.45) is 0 Å². The molecule has 2 rings (SSSR count). The van der Waals surface area contributed by atoms with Crippen molar-refractivity contribution in [1.29, 1.82) is 0 Å². The number of anilines is 1. The van der Waals surface area contributed by atoms with Crippen molar-refractivity contribution in [1.82, 2.24) is 0 Å². The summed E-state index contributed by atoms with van der Waals surface area (Å²) in [7, 11) is 0. The van der Waals surface area contributed by atoms with E-state index in [9.17, 15) is 4.79 Å². The zero-order chi connectivity index (χ0) is 13.1. The van der Waals surface area contributed by atoms with Crippen LogP contribution in [-0.2, 0) is 6.54 Å². The highest BCUT2D eigenvalue weighted by Crippen LogP contribution is 2.26. The van der Waals surface area contributed by atoms with Crippen molar-refractivity contribution in [3.8, 4) is 0 Å². The monoisotopic (exact) mass is 329 g/mol. The molecular formula is C12H9BrClNO3. The maximum atomic E-state index is 10.6. The van der Waals surface area contributed by atoms with Gasteiger partial charge in [-0.15, -0.1) is 0 Å². The van der Waals surface area contributed by atoms with E-state index < -0.39 is 5.97 Å². The number of halogens is 2. The van der Waals surface area contributed by atoms with Gasteiger partial charge >= 0.3 is 5.97 Å². The average molecular weight is 331 g/mol. The van der Waals surface area contributed by atoms with Gasteiger partial charge in [-0.1, -0.05) is 11.6 Å². The second kappa shape index (κ2) is 5.46. The molecule has 1 heterocycles. The minimum Gasteiger partial charge on any atom is -0.475 e. The number of furan rings is 1. The van der Waals surface area contributed by atoms with Gasteiger partial charge in [-0.05, 0) is 46.3 Å². The summed E-state index contributed by atoms with van der Waals surface area (Å²) in [6.07, 6.45) is 0. The summed E-state index contributed by atoms with van der Waals surface area (Å²) in [6.45, 7) is 0.381. The van der Waals surface area contributed by atoms with E-state index in [0.717, 1.165) is 10.2 Å². The summed E-state index contributed by atoms with van der Waals surface area (Å²) in [5.41, 5.74) is 0.816. The van der Waals surface area contributed by atoms with Crippen LogP contribution < -0.4 is 5.32 Å². The SMILES string of the molecule is O=C(O)c1ccc(CNc2cc(Cl)ccc2Br)o1. The van der Waals surface area contributed by atoms with E-state index in [1.165, 1.54) is 6.07 Å². The van der Waals surface area contributed by atoms with E-state index in [2.05, 4.69) is 21.2 Å². The number of aromatic carboxylic acids is 1. The summed E-state index contributed by atoms with van der Waals surface area (Å²) < 4.78 is 6.00. The summed E-state index contributed by atoms with van der Waals surface area (Å²) in [5, 5.41) is 12.4. The molecule has 2 N–H and O–H groups in total. The molecule has 4 nitrogen and oxygen atoms in total. The quantitative estimate of drug-likeness (QED) is 0.889. The highest BCUT2D eigenvalue weighted by atomic mass is 79.9. The van der Waals surface area contributed by atoms with Crippen LogP contribution in [0.2, 0.25) is 5.02 Å². The number of carbonyl (C=O) groups is 1. The molecule has 0 amide bonds. The van der Waals surface area contributed by atoms with E-state index in [1.54, 1.807) is 18.2 Å². The number of rotatable bonds is 4. The van der Waals surface area contributed by atoms with Gasteiger partial charge in [-0.3, -0.25) is 0 Å². The molecule has 0 radical (unpaired) electrons. The summed E-state index contributed by atoms with van der Waals surface area (Å²) in [4.78, 5) is 10.6. The van der Waals surface area contributed by atoms with E-state index in [-0.39, 0.29) is 5.76 Å². The Balaban J connectivity index is 2.06. The number of carboxylic acids is 1. The fourth-order valence-electron chi connectivity index (χ4n) is 1.40. The first-order valence-corrected chi connectivity index (χ1v) is 6.24.